The van der Waals surface area contributed by atoms with Gasteiger partial charge in [0.15, 0.2) is 0 Å². The van der Waals surface area contributed by atoms with Crippen molar-refractivity contribution >= 4 is 6.03 Å². The predicted molar refractivity (Wildman–Crippen MR) is 113 cm³/mol. The van der Waals surface area contributed by atoms with Crippen LogP contribution in [0.4, 0.5) is 4.79 Å². The molecule has 1 aromatic rings. The molecule has 2 fully saturated rings. The second kappa shape index (κ2) is 9.74. The lowest BCUT2D eigenvalue weighted by Gasteiger charge is -2.35. The number of aryl methyl sites for hydroxylation is 2. The number of carbonyl (C=O) groups excluding carboxylic acids is 1. The number of piperazine rings is 1. The number of nitrogens with one attached hydrogen (secondary N) is 1. The van der Waals surface area contributed by atoms with Gasteiger partial charge in [0.1, 0.15) is 0 Å². The van der Waals surface area contributed by atoms with E-state index in [1.807, 2.05) is 4.90 Å². The van der Waals surface area contributed by atoms with Gasteiger partial charge >= 0.3 is 6.03 Å². The molecule has 0 spiro atoms. The Balaban J connectivity index is 1.23. The van der Waals surface area contributed by atoms with E-state index < -0.39 is 0 Å². The molecular formula is C22H35N5O2. The number of aromatic nitrogens is 2. The van der Waals surface area contributed by atoms with E-state index in [1.165, 1.54) is 32.1 Å². The molecule has 29 heavy (non-hydrogen) atoms. The van der Waals surface area contributed by atoms with E-state index in [4.69, 9.17) is 0 Å². The second-order valence-corrected chi connectivity index (χ2v) is 8.85. The normalized spacial score (nSPS) is 21.4. The van der Waals surface area contributed by atoms with Crippen LogP contribution in [0.25, 0.3) is 0 Å². The van der Waals surface area contributed by atoms with Crippen molar-refractivity contribution < 1.29 is 4.79 Å². The van der Waals surface area contributed by atoms with E-state index in [0.717, 1.165) is 76.1 Å². The van der Waals surface area contributed by atoms with E-state index in [9.17, 15) is 9.59 Å². The molecule has 0 unspecified atom stereocenters. The van der Waals surface area contributed by atoms with Crippen molar-refractivity contribution in [2.45, 2.75) is 76.8 Å². The van der Waals surface area contributed by atoms with Crippen molar-refractivity contribution in [1.29, 1.82) is 0 Å². The highest BCUT2D eigenvalue weighted by molar-refractivity contribution is 5.74. The third-order valence-corrected chi connectivity index (χ3v) is 6.74. The summed E-state index contributed by atoms with van der Waals surface area (Å²) in [6.07, 6.45) is 11.6. The summed E-state index contributed by atoms with van der Waals surface area (Å²) in [6, 6.07) is 2.24. The van der Waals surface area contributed by atoms with Crippen LogP contribution in [0.2, 0.25) is 0 Å². The molecule has 2 aliphatic carbocycles. The number of fused-ring (bicyclic) bond motifs is 1. The van der Waals surface area contributed by atoms with Crippen molar-refractivity contribution in [2.75, 3.05) is 32.7 Å². The van der Waals surface area contributed by atoms with Gasteiger partial charge in [0.2, 0.25) is 0 Å². The first-order valence-corrected chi connectivity index (χ1v) is 11.6. The van der Waals surface area contributed by atoms with E-state index in [2.05, 4.69) is 15.3 Å². The number of hydrogen-bond donors (Lipinski definition) is 1. The molecule has 2 heterocycles. The van der Waals surface area contributed by atoms with Crippen LogP contribution in [0.3, 0.4) is 0 Å². The summed E-state index contributed by atoms with van der Waals surface area (Å²) in [5, 5.41) is 7.87. The lowest BCUT2D eigenvalue weighted by Crippen LogP contribution is -2.53. The molecule has 1 saturated carbocycles. The molecular weight excluding hydrogens is 366 g/mol. The molecule has 1 saturated heterocycles. The van der Waals surface area contributed by atoms with Crippen LogP contribution < -0.4 is 10.9 Å². The number of urea groups is 1. The van der Waals surface area contributed by atoms with Gasteiger partial charge in [-0.05, 0) is 44.1 Å². The molecule has 0 atom stereocenters. The van der Waals surface area contributed by atoms with Crippen molar-refractivity contribution in [3.8, 4) is 0 Å². The first kappa shape index (κ1) is 20.4. The molecule has 0 aromatic carbocycles. The molecule has 2 amide bonds. The summed E-state index contributed by atoms with van der Waals surface area (Å²) in [5.74, 6) is 0. The van der Waals surface area contributed by atoms with Crippen LogP contribution in [-0.2, 0) is 19.4 Å². The van der Waals surface area contributed by atoms with Crippen LogP contribution in [0.5, 0.6) is 0 Å². The van der Waals surface area contributed by atoms with Gasteiger partial charge in [0, 0.05) is 44.8 Å². The van der Waals surface area contributed by atoms with E-state index in [-0.39, 0.29) is 11.6 Å². The minimum absolute atomic E-state index is 0.0204. The fraction of sp³-hybridized carbons (Fsp3) is 0.773. The Kier molecular flexibility index (Phi) is 6.85. The lowest BCUT2D eigenvalue weighted by atomic mass is 9.97. The third kappa shape index (κ3) is 5.38. The molecule has 0 bridgehead atoms. The molecule has 0 radical (unpaired) electrons. The highest BCUT2D eigenvalue weighted by Gasteiger charge is 2.23. The quantitative estimate of drug-likeness (QED) is 0.785. The summed E-state index contributed by atoms with van der Waals surface area (Å²) < 4.78 is 1.63. The Labute approximate surface area is 173 Å². The van der Waals surface area contributed by atoms with E-state index in [0.29, 0.717) is 12.6 Å². The van der Waals surface area contributed by atoms with Gasteiger partial charge in [-0.25, -0.2) is 9.48 Å². The van der Waals surface area contributed by atoms with Crippen LogP contribution in [0.15, 0.2) is 10.9 Å². The van der Waals surface area contributed by atoms with Crippen molar-refractivity contribution in [3.05, 3.63) is 27.7 Å². The second-order valence-electron chi connectivity index (χ2n) is 8.85. The van der Waals surface area contributed by atoms with Gasteiger partial charge in [-0.3, -0.25) is 9.69 Å². The number of amides is 2. The van der Waals surface area contributed by atoms with Crippen molar-refractivity contribution in [2.24, 2.45) is 0 Å². The fourth-order valence-corrected chi connectivity index (χ4v) is 4.86. The molecule has 1 aromatic heterocycles. The number of rotatable bonds is 4. The SMILES string of the molecule is O=C(NC1CCCCCC1)N1CCN(CCn2nc3c(cc2=O)CCCC3)CC1. The molecule has 4 rings (SSSR count). The highest BCUT2D eigenvalue weighted by atomic mass is 16.2. The zero-order valence-corrected chi connectivity index (χ0v) is 17.6. The molecule has 1 N–H and O–H groups in total. The van der Waals surface area contributed by atoms with Gasteiger partial charge < -0.3 is 10.2 Å². The van der Waals surface area contributed by atoms with E-state index >= 15 is 0 Å². The van der Waals surface area contributed by atoms with Gasteiger partial charge in [-0.1, -0.05) is 25.7 Å². The summed E-state index contributed by atoms with van der Waals surface area (Å²) in [7, 11) is 0. The first-order valence-electron chi connectivity index (χ1n) is 11.6. The standard InChI is InChI=1S/C22H35N5O2/c28-21-17-18-7-5-6-10-20(18)24-27(21)16-13-25-11-14-26(15-12-25)22(29)23-19-8-3-1-2-4-9-19/h17,19H,1-16H2,(H,23,29). The summed E-state index contributed by atoms with van der Waals surface area (Å²) >= 11 is 0. The topological polar surface area (TPSA) is 70.5 Å². The maximum atomic E-state index is 12.6. The Morgan fingerprint density at radius 2 is 1.69 bits per heavy atom. The molecule has 1 aliphatic heterocycles. The maximum Gasteiger partial charge on any atom is 0.317 e. The van der Waals surface area contributed by atoms with Crippen LogP contribution in [-0.4, -0.2) is 64.4 Å². The highest BCUT2D eigenvalue weighted by Crippen LogP contribution is 2.18. The van der Waals surface area contributed by atoms with Gasteiger partial charge in [0.25, 0.3) is 5.56 Å². The zero-order valence-electron chi connectivity index (χ0n) is 17.6. The summed E-state index contributed by atoms with van der Waals surface area (Å²) in [5.41, 5.74) is 2.27. The Bertz CT molecular complexity index is 746. The average Bonchev–Trinajstić information content (AvgIpc) is 3.01. The molecule has 7 nitrogen and oxygen atoms in total. The molecule has 7 heteroatoms. The average molecular weight is 402 g/mol. The minimum Gasteiger partial charge on any atom is -0.335 e. The van der Waals surface area contributed by atoms with Crippen molar-refractivity contribution in [3.63, 3.8) is 0 Å². The summed E-state index contributed by atoms with van der Waals surface area (Å²) in [6.45, 7) is 4.66. The number of nitrogens with zero attached hydrogens (tertiary/aromatic N) is 4. The number of carbonyl (C=O) groups is 1. The third-order valence-electron chi connectivity index (χ3n) is 6.74. The monoisotopic (exact) mass is 401 g/mol. The first-order chi connectivity index (χ1) is 14.2. The Morgan fingerprint density at radius 3 is 2.45 bits per heavy atom. The van der Waals surface area contributed by atoms with Gasteiger partial charge in [0.05, 0.1) is 12.2 Å². The number of hydrogen-bond acceptors (Lipinski definition) is 4. The van der Waals surface area contributed by atoms with Crippen LogP contribution in [0, 0.1) is 0 Å². The zero-order chi connectivity index (χ0) is 20.1. The molecule has 160 valence electrons. The van der Waals surface area contributed by atoms with E-state index in [1.54, 1.807) is 10.7 Å². The van der Waals surface area contributed by atoms with Crippen LogP contribution in [0.1, 0.15) is 62.6 Å². The maximum absolute atomic E-state index is 12.6. The largest absolute Gasteiger partial charge is 0.335 e. The van der Waals surface area contributed by atoms with Crippen molar-refractivity contribution in [1.82, 2.24) is 24.9 Å². The smallest absolute Gasteiger partial charge is 0.317 e. The fourth-order valence-electron chi connectivity index (χ4n) is 4.86. The van der Waals surface area contributed by atoms with Gasteiger partial charge in [-0.15, -0.1) is 0 Å². The minimum atomic E-state index is 0.0204. The Morgan fingerprint density at radius 1 is 0.966 bits per heavy atom. The summed E-state index contributed by atoms with van der Waals surface area (Å²) in [4.78, 5) is 29.2. The van der Waals surface area contributed by atoms with Crippen LogP contribution >= 0.6 is 0 Å². The van der Waals surface area contributed by atoms with Gasteiger partial charge in [-0.2, -0.15) is 5.10 Å². The molecule has 3 aliphatic rings. The lowest BCUT2D eigenvalue weighted by molar-refractivity contribution is 0.133. The Hall–Kier alpha value is -1.89. The predicted octanol–water partition coefficient (Wildman–Crippen LogP) is 2.17.